The zero-order valence-electron chi connectivity index (χ0n) is 25.9. The third kappa shape index (κ3) is 9.46. The van der Waals surface area contributed by atoms with Crippen molar-refractivity contribution in [1.82, 2.24) is 9.21 Å². The molecule has 2 heterocycles. The summed E-state index contributed by atoms with van der Waals surface area (Å²) in [5.41, 5.74) is 3.77. The molecule has 1 amide bonds. The molecule has 0 aromatic heterocycles. The number of halogens is 3. The minimum atomic E-state index is -4.83. The van der Waals surface area contributed by atoms with Crippen LogP contribution in [0.3, 0.4) is 0 Å². The van der Waals surface area contributed by atoms with E-state index in [0.29, 0.717) is 11.3 Å². The summed E-state index contributed by atoms with van der Waals surface area (Å²) in [7, 11) is -3.91. The summed E-state index contributed by atoms with van der Waals surface area (Å²) < 4.78 is 90.5. The molecule has 0 N–H and O–H groups in total. The van der Waals surface area contributed by atoms with Gasteiger partial charge in [-0.25, -0.2) is 13.2 Å². The van der Waals surface area contributed by atoms with Crippen LogP contribution < -0.4 is 4.74 Å². The van der Waals surface area contributed by atoms with Crippen LogP contribution in [0.1, 0.15) is 24.0 Å². The number of benzene rings is 2. The van der Waals surface area contributed by atoms with Crippen LogP contribution in [-0.2, 0) is 30.8 Å². The number of hydrogen-bond donors (Lipinski definition) is 0. The van der Waals surface area contributed by atoms with Gasteiger partial charge in [-0.1, -0.05) is 37.7 Å². The van der Waals surface area contributed by atoms with Gasteiger partial charge in [-0.15, -0.1) is 5.54 Å². The summed E-state index contributed by atoms with van der Waals surface area (Å²) in [6.07, 6.45) is -7.91. The number of likely N-dealkylation sites (tertiary alicyclic amines) is 1. The lowest BCUT2D eigenvalue weighted by Gasteiger charge is -2.46. The van der Waals surface area contributed by atoms with Crippen molar-refractivity contribution in [2.45, 2.75) is 61.9 Å². The monoisotopic (exact) mass is 668 g/mol. The number of alkyl halides is 3. The van der Waals surface area contributed by atoms with Crippen LogP contribution in [0.25, 0.3) is 0 Å². The maximum absolute atomic E-state index is 13.7. The van der Waals surface area contributed by atoms with Crippen molar-refractivity contribution >= 4 is 24.2 Å². The minimum absolute atomic E-state index is 0.0501. The number of rotatable bonds is 8. The molecule has 45 heavy (non-hydrogen) atoms. The van der Waals surface area contributed by atoms with Gasteiger partial charge in [0.25, 0.3) is 0 Å². The van der Waals surface area contributed by atoms with Gasteiger partial charge in [-0.2, -0.15) is 17.5 Å². The van der Waals surface area contributed by atoms with Crippen LogP contribution in [0.15, 0.2) is 53.4 Å². The number of methoxy groups -OCH3 is 1. The maximum atomic E-state index is 13.7. The van der Waals surface area contributed by atoms with Crippen molar-refractivity contribution in [3.8, 4) is 17.2 Å². The topological polar surface area (TPSA) is 94.6 Å². The number of piperidine rings is 1. The third-order valence-electron chi connectivity index (χ3n) is 7.53. The molecule has 0 saturated carbocycles. The zero-order valence-corrected chi connectivity index (χ0v) is 27.7. The Kier molecular flexibility index (Phi) is 10.9. The number of carbonyl (C=O) groups excluding carboxylic acids is 1. The lowest BCUT2D eigenvalue weighted by Crippen LogP contribution is -2.58. The van der Waals surface area contributed by atoms with Gasteiger partial charge in [0.2, 0.25) is 16.1 Å². The molecule has 2 aliphatic rings. The summed E-state index contributed by atoms with van der Waals surface area (Å²) in [5.74, 6) is 3.71. The summed E-state index contributed by atoms with van der Waals surface area (Å²) in [4.78, 5) is 14.1. The fourth-order valence-electron chi connectivity index (χ4n) is 4.93. The highest BCUT2D eigenvalue weighted by Gasteiger charge is 2.47. The first-order valence-corrected chi connectivity index (χ1v) is 19.5. The quantitative estimate of drug-likeness (QED) is 0.287. The average Bonchev–Trinajstić information content (AvgIpc) is 2.99. The van der Waals surface area contributed by atoms with Gasteiger partial charge >= 0.3 is 12.3 Å². The second-order valence-corrected chi connectivity index (χ2v) is 18.8. The van der Waals surface area contributed by atoms with Gasteiger partial charge in [0, 0.05) is 31.7 Å². The Labute approximate surface area is 263 Å². The maximum Gasteiger partial charge on any atom is 0.427 e. The van der Waals surface area contributed by atoms with Gasteiger partial charge in [0.1, 0.15) is 13.8 Å². The lowest BCUT2D eigenvalue weighted by molar-refractivity contribution is -0.220. The Morgan fingerprint density at radius 2 is 1.69 bits per heavy atom. The van der Waals surface area contributed by atoms with Crippen LogP contribution in [0, 0.1) is 11.5 Å². The van der Waals surface area contributed by atoms with Gasteiger partial charge in [0.05, 0.1) is 37.4 Å². The molecule has 1 atom stereocenters. The number of sulfonamides is 1. The third-order valence-corrected chi connectivity index (χ3v) is 10.3. The largest absolute Gasteiger partial charge is 0.497 e. The van der Waals surface area contributed by atoms with Crippen LogP contribution in [0.4, 0.5) is 18.0 Å². The molecular formula is C31H39F3N2O7SSi. The highest BCUT2D eigenvalue weighted by molar-refractivity contribution is 7.89. The average molecular weight is 669 g/mol. The number of morpholine rings is 1. The molecular weight excluding hydrogens is 629 g/mol. The van der Waals surface area contributed by atoms with Crippen LogP contribution in [0.5, 0.6) is 5.75 Å². The van der Waals surface area contributed by atoms with Gasteiger partial charge < -0.3 is 23.8 Å². The lowest BCUT2D eigenvalue weighted by atomic mass is 9.90. The normalized spacial score (nSPS) is 18.2. The highest BCUT2D eigenvalue weighted by atomic mass is 32.2. The first-order chi connectivity index (χ1) is 21.1. The van der Waals surface area contributed by atoms with Crippen LogP contribution >= 0.6 is 0 Å². The summed E-state index contributed by atoms with van der Waals surface area (Å²) in [6, 6.07) is 13.1. The van der Waals surface area contributed by atoms with E-state index in [1.165, 1.54) is 16.3 Å². The van der Waals surface area contributed by atoms with Gasteiger partial charge in [-0.05, 0) is 54.8 Å². The number of ether oxygens (including phenoxy) is 4. The first-order valence-electron chi connectivity index (χ1n) is 14.6. The van der Waals surface area contributed by atoms with Gasteiger partial charge in [-0.3, -0.25) is 0 Å². The molecule has 2 saturated heterocycles. The van der Waals surface area contributed by atoms with E-state index in [0.717, 1.165) is 5.56 Å². The molecule has 2 aromatic rings. The second-order valence-electron chi connectivity index (χ2n) is 12.2. The SMILES string of the molecule is COc1ccc(COC[C@@H](OC(=O)N2CCC3(CC2)CN(S(=O)(=O)c2ccc(C#C[Si](C)(C)C)cc2)CCO3)C(F)(F)F)cc1. The molecule has 2 fully saturated rings. The first kappa shape index (κ1) is 34.8. The van der Waals surface area contributed by atoms with Crippen molar-refractivity contribution < 1.29 is 45.3 Å². The van der Waals surface area contributed by atoms with E-state index in [4.69, 9.17) is 18.9 Å². The molecule has 2 aliphatic heterocycles. The van der Waals surface area contributed by atoms with Crippen molar-refractivity contribution in [2.24, 2.45) is 0 Å². The molecule has 0 unspecified atom stereocenters. The minimum Gasteiger partial charge on any atom is -0.497 e. The Balaban J connectivity index is 1.32. The molecule has 2 aromatic carbocycles. The molecule has 4 rings (SSSR count). The fraction of sp³-hybridized carbons (Fsp3) is 0.516. The molecule has 0 aliphatic carbocycles. The summed E-state index contributed by atoms with van der Waals surface area (Å²) in [6.45, 7) is 5.91. The number of nitrogens with zero attached hydrogens (tertiary/aromatic N) is 2. The fourth-order valence-corrected chi connectivity index (χ4v) is 6.95. The number of amides is 1. The van der Waals surface area contributed by atoms with E-state index >= 15 is 0 Å². The second kappa shape index (κ2) is 14.1. The zero-order chi connectivity index (χ0) is 32.9. The van der Waals surface area contributed by atoms with Crippen LogP contribution in [0.2, 0.25) is 19.6 Å². The predicted octanol–water partition coefficient (Wildman–Crippen LogP) is 5.06. The molecule has 1 spiro atoms. The van der Waals surface area contributed by atoms with Crippen molar-refractivity contribution in [1.29, 1.82) is 0 Å². The summed E-state index contributed by atoms with van der Waals surface area (Å²) >= 11 is 0. The van der Waals surface area contributed by atoms with Crippen molar-refractivity contribution in [3.05, 3.63) is 59.7 Å². The van der Waals surface area contributed by atoms with E-state index in [9.17, 15) is 26.4 Å². The summed E-state index contributed by atoms with van der Waals surface area (Å²) in [5, 5.41) is 0. The highest BCUT2D eigenvalue weighted by Crippen LogP contribution is 2.33. The van der Waals surface area contributed by atoms with Gasteiger partial charge in [0.15, 0.2) is 0 Å². The Morgan fingerprint density at radius 3 is 2.27 bits per heavy atom. The van der Waals surface area contributed by atoms with E-state index in [2.05, 4.69) is 31.1 Å². The Morgan fingerprint density at radius 1 is 1.04 bits per heavy atom. The van der Waals surface area contributed by atoms with E-state index in [-0.39, 0.29) is 57.1 Å². The van der Waals surface area contributed by atoms with E-state index in [1.54, 1.807) is 48.5 Å². The van der Waals surface area contributed by atoms with Crippen molar-refractivity contribution in [3.63, 3.8) is 0 Å². The molecule has 0 bridgehead atoms. The number of hydrogen-bond acceptors (Lipinski definition) is 7. The van der Waals surface area contributed by atoms with Crippen molar-refractivity contribution in [2.75, 3.05) is 46.5 Å². The molecule has 14 heteroatoms. The molecule has 0 radical (unpaired) electrons. The Hall–Kier alpha value is -3.09. The number of carbonyl (C=O) groups is 1. The van der Waals surface area contributed by atoms with E-state index in [1.807, 2.05) is 0 Å². The molecule has 246 valence electrons. The van der Waals surface area contributed by atoms with E-state index < -0.39 is 48.7 Å². The standard InChI is InChI=1S/C31H39F3N2O7SSi/c1-40-26-9-5-25(6-10-26)21-41-22-28(31(32,33)34)43-29(37)35-16-14-30(15-17-35)23-36(18-19-42-30)44(38,39)27-11-7-24(8-12-27)13-20-45(2,3)4/h5-12,28H,14-19,21-23H2,1-4H3/t28-/m1/s1. The molecule has 9 nitrogen and oxygen atoms in total. The Bertz CT molecular complexity index is 1480. The smallest absolute Gasteiger partial charge is 0.427 e. The predicted molar refractivity (Wildman–Crippen MR) is 164 cm³/mol. The van der Waals surface area contributed by atoms with Crippen LogP contribution in [-0.4, -0.2) is 96.2 Å².